The van der Waals surface area contributed by atoms with E-state index in [1.165, 1.54) is 0 Å². The molecule has 2 aromatic carbocycles. The molecule has 1 heterocycles. The van der Waals surface area contributed by atoms with Crippen molar-refractivity contribution in [2.24, 2.45) is 5.92 Å². The minimum atomic E-state index is -1.26. The van der Waals surface area contributed by atoms with Crippen LogP contribution in [0.15, 0.2) is 48.5 Å². The molecule has 2 aromatic rings. The normalized spacial score (nSPS) is 16.0. The highest BCUT2D eigenvalue weighted by Gasteiger charge is 2.33. The number of rotatable bonds is 5. The third-order valence-corrected chi connectivity index (χ3v) is 4.65. The molecule has 0 saturated carbocycles. The number of esters is 1. The summed E-state index contributed by atoms with van der Waals surface area (Å²) in [7, 11) is 0. The van der Waals surface area contributed by atoms with Crippen molar-refractivity contribution in [3.05, 3.63) is 64.7 Å². The summed E-state index contributed by atoms with van der Waals surface area (Å²) in [4.78, 5) is 37.1. The number of hydrogen-bond acceptors (Lipinski definition) is 5. The molecule has 0 fully saturated rings. The number of amides is 3. The van der Waals surface area contributed by atoms with Crippen LogP contribution in [0.25, 0.3) is 0 Å². The highest BCUT2D eigenvalue weighted by molar-refractivity contribution is 6.30. The average Bonchev–Trinajstić information content (AvgIpc) is 2.71. The molecule has 29 heavy (non-hydrogen) atoms. The van der Waals surface area contributed by atoms with Gasteiger partial charge in [0.2, 0.25) is 6.10 Å². The second kappa shape index (κ2) is 9.43. The molecule has 0 aromatic heterocycles. The Morgan fingerprint density at radius 1 is 1.21 bits per heavy atom. The first-order valence-corrected chi connectivity index (χ1v) is 9.61. The molecule has 3 rings (SSSR count). The third-order valence-electron chi connectivity index (χ3n) is 4.41. The maximum Gasteiger partial charge on any atom is 0.321 e. The van der Waals surface area contributed by atoms with Gasteiger partial charge in [-0.2, -0.15) is 0 Å². The number of ether oxygens (including phenoxy) is 2. The summed E-state index contributed by atoms with van der Waals surface area (Å²) in [6, 6.07) is 13.1. The molecule has 0 radical (unpaired) electrons. The quantitative estimate of drug-likeness (QED) is 0.731. The van der Waals surface area contributed by atoms with E-state index in [1.807, 2.05) is 0 Å². The Morgan fingerprint density at radius 2 is 1.97 bits per heavy atom. The van der Waals surface area contributed by atoms with Crippen molar-refractivity contribution >= 4 is 29.5 Å². The topological polar surface area (TPSA) is 93.7 Å². The second-order valence-electron chi connectivity index (χ2n) is 6.54. The molecule has 2 atom stereocenters. The van der Waals surface area contributed by atoms with E-state index in [0.717, 1.165) is 5.56 Å². The van der Waals surface area contributed by atoms with Gasteiger partial charge in [0.05, 0.1) is 5.92 Å². The lowest BCUT2D eigenvalue weighted by molar-refractivity contribution is -0.161. The maximum atomic E-state index is 12.8. The molecule has 152 valence electrons. The van der Waals surface area contributed by atoms with E-state index in [-0.39, 0.29) is 6.61 Å². The summed E-state index contributed by atoms with van der Waals surface area (Å²) >= 11 is 6.02. The average molecular weight is 417 g/mol. The molecule has 2 N–H and O–H groups in total. The van der Waals surface area contributed by atoms with Crippen molar-refractivity contribution in [2.75, 3.05) is 13.2 Å². The lowest BCUT2D eigenvalue weighted by Crippen LogP contribution is -2.43. The Bertz CT molecular complexity index is 903. The number of urea groups is 1. The van der Waals surface area contributed by atoms with Crippen LogP contribution in [0.1, 0.15) is 24.2 Å². The highest BCUT2D eigenvalue weighted by Crippen LogP contribution is 2.31. The largest absolute Gasteiger partial charge is 0.492 e. The van der Waals surface area contributed by atoms with Gasteiger partial charge in [0, 0.05) is 17.1 Å². The van der Waals surface area contributed by atoms with Crippen molar-refractivity contribution in [3.8, 4) is 5.75 Å². The zero-order valence-corrected chi connectivity index (χ0v) is 16.6. The van der Waals surface area contributed by atoms with E-state index in [9.17, 15) is 14.4 Å². The van der Waals surface area contributed by atoms with Crippen molar-refractivity contribution in [3.63, 3.8) is 0 Å². The van der Waals surface area contributed by atoms with E-state index in [1.54, 1.807) is 55.5 Å². The summed E-state index contributed by atoms with van der Waals surface area (Å²) < 4.78 is 11.2. The predicted octanol–water partition coefficient (Wildman–Crippen LogP) is 3.02. The zero-order valence-electron chi connectivity index (χ0n) is 15.8. The lowest BCUT2D eigenvalue weighted by atomic mass is 9.96. The standard InChI is InChI=1S/C21H21ClN2O5/c1-2-23-21(27)24-19(25)18(13-6-4-3-5-7-13)29-20(26)15-10-14-11-16(22)8-9-17(14)28-12-15/h3-9,11,15,18H,2,10,12H2,1H3,(H2,23,24,25,27)/t15-,18+/m0/s1. The van der Waals surface area contributed by atoms with Crippen LogP contribution >= 0.6 is 11.6 Å². The number of carbonyl (C=O) groups excluding carboxylic acids is 3. The van der Waals surface area contributed by atoms with Crippen molar-refractivity contribution in [1.82, 2.24) is 10.6 Å². The van der Waals surface area contributed by atoms with Crippen molar-refractivity contribution in [2.45, 2.75) is 19.4 Å². The van der Waals surface area contributed by atoms with Crippen LogP contribution in [-0.2, 0) is 20.7 Å². The van der Waals surface area contributed by atoms with Gasteiger partial charge in [-0.15, -0.1) is 0 Å². The summed E-state index contributed by atoms with van der Waals surface area (Å²) in [5.41, 5.74) is 1.26. The van der Waals surface area contributed by atoms with Crippen LogP contribution in [0.5, 0.6) is 5.75 Å². The van der Waals surface area contributed by atoms with Crippen LogP contribution in [0.4, 0.5) is 4.79 Å². The minimum absolute atomic E-state index is 0.132. The van der Waals surface area contributed by atoms with Gasteiger partial charge in [-0.3, -0.25) is 14.9 Å². The highest BCUT2D eigenvalue weighted by atomic mass is 35.5. The summed E-state index contributed by atoms with van der Waals surface area (Å²) in [5.74, 6) is -1.23. The number of nitrogens with one attached hydrogen (secondary N) is 2. The van der Waals surface area contributed by atoms with Gasteiger partial charge >= 0.3 is 12.0 Å². The third kappa shape index (κ3) is 5.26. The molecule has 1 aliphatic heterocycles. The van der Waals surface area contributed by atoms with Crippen LogP contribution in [0.2, 0.25) is 5.02 Å². The fraction of sp³-hybridized carbons (Fsp3) is 0.286. The first kappa shape index (κ1) is 20.7. The van der Waals surface area contributed by atoms with E-state index in [4.69, 9.17) is 21.1 Å². The number of benzene rings is 2. The molecule has 1 aliphatic rings. The van der Waals surface area contributed by atoms with Crippen molar-refractivity contribution in [1.29, 1.82) is 0 Å². The molecular formula is C21H21ClN2O5. The Morgan fingerprint density at radius 3 is 2.69 bits per heavy atom. The zero-order chi connectivity index (χ0) is 20.8. The molecule has 3 amide bonds. The van der Waals surface area contributed by atoms with Crippen LogP contribution in [-0.4, -0.2) is 31.1 Å². The van der Waals surface area contributed by atoms with Gasteiger partial charge in [0.1, 0.15) is 12.4 Å². The van der Waals surface area contributed by atoms with E-state index in [2.05, 4.69) is 10.6 Å². The summed E-state index contributed by atoms with van der Waals surface area (Å²) in [5, 5.41) is 5.21. The Balaban J connectivity index is 1.74. The first-order valence-electron chi connectivity index (χ1n) is 9.23. The van der Waals surface area contributed by atoms with E-state index >= 15 is 0 Å². The van der Waals surface area contributed by atoms with Crippen LogP contribution < -0.4 is 15.4 Å². The van der Waals surface area contributed by atoms with Gasteiger partial charge < -0.3 is 14.8 Å². The SMILES string of the molecule is CCNC(=O)NC(=O)[C@H](OC(=O)[C@@H]1COc2ccc(Cl)cc2C1)c1ccccc1. The second-order valence-corrected chi connectivity index (χ2v) is 6.98. The Kier molecular flexibility index (Phi) is 6.72. The smallest absolute Gasteiger partial charge is 0.321 e. The number of carbonyl (C=O) groups is 3. The number of fused-ring (bicyclic) bond motifs is 1. The Hall–Kier alpha value is -3.06. The summed E-state index contributed by atoms with van der Waals surface area (Å²) in [6.45, 7) is 2.22. The number of hydrogen-bond donors (Lipinski definition) is 2. The maximum absolute atomic E-state index is 12.8. The fourth-order valence-corrected chi connectivity index (χ4v) is 3.20. The molecule has 7 nitrogen and oxygen atoms in total. The number of imide groups is 1. The molecule has 0 bridgehead atoms. The molecule has 0 saturated heterocycles. The number of halogens is 1. The van der Waals surface area contributed by atoms with Gasteiger partial charge in [0.25, 0.3) is 5.91 Å². The van der Waals surface area contributed by atoms with E-state index < -0.39 is 29.9 Å². The molecule has 8 heteroatoms. The van der Waals surface area contributed by atoms with Crippen molar-refractivity contribution < 1.29 is 23.9 Å². The lowest BCUT2D eigenvalue weighted by Gasteiger charge is -2.26. The van der Waals surface area contributed by atoms with E-state index in [0.29, 0.717) is 29.3 Å². The monoisotopic (exact) mass is 416 g/mol. The van der Waals surface area contributed by atoms with Crippen LogP contribution in [0.3, 0.4) is 0 Å². The molecule has 0 unspecified atom stereocenters. The van der Waals surface area contributed by atoms with Gasteiger partial charge in [-0.05, 0) is 37.1 Å². The first-order chi connectivity index (χ1) is 14.0. The molecular weight excluding hydrogens is 396 g/mol. The predicted molar refractivity (Wildman–Crippen MR) is 107 cm³/mol. The molecule has 0 aliphatic carbocycles. The molecule has 0 spiro atoms. The van der Waals surface area contributed by atoms with Gasteiger partial charge in [-0.25, -0.2) is 4.79 Å². The van der Waals surface area contributed by atoms with Crippen LogP contribution in [0, 0.1) is 5.92 Å². The van der Waals surface area contributed by atoms with Gasteiger partial charge in [0.15, 0.2) is 0 Å². The Labute approximate surface area is 173 Å². The minimum Gasteiger partial charge on any atom is -0.492 e. The fourth-order valence-electron chi connectivity index (χ4n) is 3.01. The summed E-state index contributed by atoms with van der Waals surface area (Å²) in [6.07, 6.45) is -0.874. The van der Waals surface area contributed by atoms with Gasteiger partial charge in [-0.1, -0.05) is 41.9 Å².